The lowest BCUT2D eigenvalue weighted by Crippen LogP contribution is -2.26. The van der Waals surface area contributed by atoms with Gasteiger partial charge in [-0.1, -0.05) is 30.3 Å². The highest BCUT2D eigenvalue weighted by Gasteiger charge is 2.28. The van der Waals surface area contributed by atoms with Gasteiger partial charge in [-0.2, -0.15) is 0 Å². The Morgan fingerprint density at radius 2 is 1.88 bits per heavy atom. The minimum atomic E-state index is -1.12. The second-order valence-electron chi connectivity index (χ2n) is 3.64. The van der Waals surface area contributed by atoms with E-state index in [4.69, 9.17) is 16.7 Å². The van der Waals surface area contributed by atoms with Crippen molar-refractivity contribution in [2.75, 3.05) is 0 Å². The summed E-state index contributed by atoms with van der Waals surface area (Å²) in [6, 6.07) is 8.40. The van der Waals surface area contributed by atoms with Crippen LogP contribution in [-0.2, 0) is 4.79 Å². The number of hydrogen-bond donors (Lipinski definition) is 1. The van der Waals surface area contributed by atoms with E-state index in [0.717, 1.165) is 0 Å². The Morgan fingerprint density at radius 1 is 1.31 bits per heavy atom. The van der Waals surface area contributed by atoms with Gasteiger partial charge in [-0.25, -0.2) is 0 Å². The van der Waals surface area contributed by atoms with Gasteiger partial charge in [-0.05, 0) is 13.3 Å². The topological polar surface area (TPSA) is 54.4 Å². The number of alkyl halides is 1. The van der Waals surface area contributed by atoms with Crippen molar-refractivity contribution >= 4 is 23.4 Å². The first-order chi connectivity index (χ1) is 7.52. The Hall–Kier alpha value is -1.35. The molecule has 86 valence electrons. The summed E-state index contributed by atoms with van der Waals surface area (Å²) in [5.74, 6) is -2.57. The number of rotatable bonds is 5. The molecule has 0 bridgehead atoms. The minimum Gasteiger partial charge on any atom is -0.481 e. The average Bonchev–Trinajstić information content (AvgIpc) is 2.25. The summed E-state index contributed by atoms with van der Waals surface area (Å²) < 4.78 is 0. The largest absolute Gasteiger partial charge is 0.481 e. The SMILES string of the molecule is CC(Cl)CC(C(=O)O)C(=O)c1ccccc1. The van der Waals surface area contributed by atoms with Crippen LogP contribution in [0.25, 0.3) is 0 Å². The molecule has 2 atom stereocenters. The van der Waals surface area contributed by atoms with E-state index in [1.54, 1.807) is 37.3 Å². The van der Waals surface area contributed by atoms with Gasteiger partial charge in [0, 0.05) is 10.9 Å². The smallest absolute Gasteiger partial charge is 0.314 e. The van der Waals surface area contributed by atoms with Crippen LogP contribution < -0.4 is 0 Å². The molecule has 0 saturated heterocycles. The third kappa shape index (κ3) is 3.35. The highest BCUT2D eigenvalue weighted by molar-refractivity contribution is 6.21. The highest BCUT2D eigenvalue weighted by Crippen LogP contribution is 2.17. The number of carboxylic acid groups (broad SMARTS) is 1. The second kappa shape index (κ2) is 5.66. The zero-order chi connectivity index (χ0) is 12.1. The first-order valence-electron chi connectivity index (χ1n) is 4.98. The molecule has 0 saturated carbocycles. The van der Waals surface area contributed by atoms with Crippen molar-refractivity contribution in [2.45, 2.75) is 18.7 Å². The molecule has 0 spiro atoms. The number of carbonyl (C=O) groups excluding carboxylic acids is 1. The van der Waals surface area contributed by atoms with Crippen LogP contribution in [0.3, 0.4) is 0 Å². The van der Waals surface area contributed by atoms with E-state index in [0.29, 0.717) is 5.56 Å². The first-order valence-corrected chi connectivity index (χ1v) is 5.42. The van der Waals surface area contributed by atoms with E-state index in [1.165, 1.54) is 0 Å². The first kappa shape index (κ1) is 12.7. The van der Waals surface area contributed by atoms with Crippen LogP contribution in [0.4, 0.5) is 0 Å². The Kier molecular flexibility index (Phi) is 4.50. The molecule has 0 heterocycles. The van der Waals surface area contributed by atoms with Crippen LogP contribution in [-0.4, -0.2) is 22.2 Å². The number of ketones is 1. The standard InChI is InChI=1S/C12H13ClO3/c1-8(13)7-10(12(15)16)11(14)9-5-3-2-4-6-9/h2-6,8,10H,7H2,1H3,(H,15,16). The summed E-state index contributed by atoms with van der Waals surface area (Å²) in [5, 5.41) is 8.64. The number of aliphatic carboxylic acids is 1. The third-order valence-electron chi connectivity index (χ3n) is 2.23. The maximum atomic E-state index is 11.9. The zero-order valence-corrected chi connectivity index (χ0v) is 9.65. The lowest BCUT2D eigenvalue weighted by molar-refractivity contribution is -0.140. The molecule has 1 N–H and O–H groups in total. The van der Waals surface area contributed by atoms with Gasteiger partial charge in [0.1, 0.15) is 5.92 Å². The Morgan fingerprint density at radius 3 is 2.31 bits per heavy atom. The molecule has 0 aliphatic heterocycles. The number of Topliss-reactive ketones (excluding diaryl/α,β-unsaturated/α-hetero) is 1. The fourth-order valence-corrected chi connectivity index (χ4v) is 1.63. The molecule has 4 heteroatoms. The number of benzene rings is 1. The minimum absolute atomic E-state index is 0.143. The molecular formula is C12H13ClO3. The van der Waals surface area contributed by atoms with Crippen molar-refractivity contribution in [3.8, 4) is 0 Å². The van der Waals surface area contributed by atoms with Crippen molar-refractivity contribution in [3.05, 3.63) is 35.9 Å². The van der Waals surface area contributed by atoms with E-state index in [1.807, 2.05) is 0 Å². The number of halogens is 1. The highest BCUT2D eigenvalue weighted by atomic mass is 35.5. The Labute approximate surface area is 99.0 Å². The van der Waals surface area contributed by atoms with Gasteiger partial charge in [-0.15, -0.1) is 11.6 Å². The van der Waals surface area contributed by atoms with Gasteiger partial charge in [0.15, 0.2) is 5.78 Å². The van der Waals surface area contributed by atoms with Crippen molar-refractivity contribution in [2.24, 2.45) is 5.92 Å². The van der Waals surface area contributed by atoms with Crippen LogP contribution in [0.2, 0.25) is 0 Å². The summed E-state index contributed by atoms with van der Waals surface area (Å²) in [6.45, 7) is 1.68. The molecule has 0 aliphatic rings. The van der Waals surface area contributed by atoms with Crippen LogP contribution in [0.5, 0.6) is 0 Å². The van der Waals surface area contributed by atoms with Gasteiger partial charge in [0.05, 0.1) is 0 Å². The fourth-order valence-electron chi connectivity index (χ4n) is 1.45. The van der Waals surface area contributed by atoms with Crippen LogP contribution in [0.1, 0.15) is 23.7 Å². The van der Waals surface area contributed by atoms with Gasteiger partial charge < -0.3 is 5.11 Å². The second-order valence-corrected chi connectivity index (χ2v) is 4.38. The maximum absolute atomic E-state index is 11.9. The Balaban J connectivity index is 2.88. The van der Waals surface area contributed by atoms with E-state index in [9.17, 15) is 9.59 Å². The van der Waals surface area contributed by atoms with E-state index in [2.05, 4.69) is 0 Å². The molecule has 0 amide bonds. The van der Waals surface area contributed by atoms with Crippen LogP contribution in [0.15, 0.2) is 30.3 Å². The van der Waals surface area contributed by atoms with E-state index < -0.39 is 11.9 Å². The predicted molar refractivity (Wildman–Crippen MR) is 61.8 cm³/mol. The Bertz CT molecular complexity index is 373. The maximum Gasteiger partial charge on any atom is 0.314 e. The molecule has 1 aromatic rings. The summed E-state index contributed by atoms with van der Waals surface area (Å²) in [6.07, 6.45) is 0.143. The van der Waals surface area contributed by atoms with Crippen molar-refractivity contribution in [3.63, 3.8) is 0 Å². The van der Waals surface area contributed by atoms with Gasteiger partial charge >= 0.3 is 5.97 Å². The summed E-state index contributed by atoms with van der Waals surface area (Å²) in [7, 11) is 0. The lowest BCUT2D eigenvalue weighted by Gasteiger charge is -2.12. The molecular weight excluding hydrogens is 228 g/mol. The molecule has 1 aromatic carbocycles. The van der Waals surface area contributed by atoms with E-state index in [-0.39, 0.29) is 17.6 Å². The van der Waals surface area contributed by atoms with E-state index >= 15 is 0 Å². The van der Waals surface area contributed by atoms with Crippen LogP contribution >= 0.6 is 11.6 Å². The molecule has 1 rings (SSSR count). The summed E-state index contributed by atoms with van der Waals surface area (Å²) in [4.78, 5) is 22.9. The van der Waals surface area contributed by atoms with Gasteiger partial charge in [-0.3, -0.25) is 9.59 Å². The number of carbonyl (C=O) groups is 2. The monoisotopic (exact) mass is 240 g/mol. The third-order valence-corrected chi connectivity index (χ3v) is 2.41. The summed E-state index contributed by atoms with van der Waals surface area (Å²) in [5.41, 5.74) is 0.409. The number of hydrogen-bond acceptors (Lipinski definition) is 2. The van der Waals surface area contributed by atoms with Crippen molar-refractivity contribution in [1.82, 2.24) is 0 Å². The quantitative estimate of drug-likeness (QED) is 0.489. The average molecular weight is 241 g/mol. The number of carboxylic acids is 1. The van der Waals surface area contributed by atoms with Crippen LogP contribution in [0, 0.1) is 5.92 Å². The van der Waals surface area contributed by atoms with Crippen molar-refractivity contribution in [1.29, 1.82) is 0 Å². The van der Waals surface area contributed by atoms with Crippen molar-refractivity contribution < 1.29 is 14.7 Å². The molecule has 2 unspecified atom stereocenters. The predicted octanol–water partition coefficient (Wildman–Crippen LogP) is 2.59. The lowest BCUT2D eigenvalue weighted by atomic mass is 9.93. The van der Waals surface area contributed by atoms with Gasteiger partial charge in [0.25, 0.3) is 0 Å². The molecule has 16 heavy (non-hydrogen) atoms. The molecule has 0 aliphatic carbocycles. The summed E-state index contributed by atoms with van der Waals surface area (Å²) >= 11 is 5.73. The molecule has 0 aromatic heterocycles. The fraction of sp³-hybridized carbons (Fsp3) is 0.333. The zero-order valence-electron chi connectivity index (χ0n) is 8.89. The normalized spacial score (nSPS) is 14.1. The molecule has 0 radical (unpaired) electrons. The molecule has 0 fully saturated rings. The van der Waals surface area contributed by atoms with Gasteiger partial charge in [0.2, 0.25) is 0 Å². The molecule has 3 nitrogen and oxygen atoms in total.